The van der Waals surface area contributed by atoms with Crippen LogP contribution in [0.3, 0.4) is 0 Å². The van der Waals surface area contributed by atoms with Gasteiger partial charge in [0, 0.05) is 12.8 Å². The lowest BCUT2D eigenvalue weighted by atomic mass is 9.81. The highest BCUT2D eigenvalue weighted by atomic mass is 19.4. The Morgan fingerprint density at radius 2 is 1.42 bits per heavy atom. The SMILES string of the molecule is O=C1CCC(C(O)C(F)(F)C(F)(F)C(F)(F)F)CC1. The van der Waals surface area contributed by atoms with Crippen molar-refractivity contribution in [1.82, 2.24) is 0 Å². The van der Waals surface area contributed by atoms with Gasteiger partial charge in [-0.05, 0) is 18.8 Å². The van der Waals surface area contributed by atoms with Gasteiger partial charge in [0.1, 0.15) is 11.9 Å². The van der Waals surface area contributed by atoms with Gasteiger partial charge >= 0.3 is 18.0 Å². The number of hydrogen-bond donors (Lipinski definition) is 1. The molecule has 19 heavy (non-hydrogen) atoms. The van der Waals surface area contributed by atoms with E-state index in [9.17, 15) is 35.5 Å². The standard InChI is InChI=1S/C10H11F7O2/c11-8(12,9(13,14)10(15,16)17)7(19)5-1-3-6(18)4-2-5/h5,7,19H,1-4H2. The highest BCUT2D eigenvalue weighted by molar-refractivity contribution is 5.79. The first-order chi connectivity index (χ1) is 8.41. The van der Waals surface area contributed by atoms with Crippen LogP contribution in [0.4, 0.5) is 30.7 Å². The van der Waals surface area contributed by atoms with E-state index in [0.717, 1.165) is 0 Å². The van der Waals surface area contributed by atoms with Crippen molar-refractivity contribution in [3.05, 3.63) is 0 Å². The van der Waals surface area contributed by atoms with Crippen molar-refractivity contribution in [3.8, 4) is 0 Å². The molecule has 0 heterocycles. The van der Waals surface area contributed by atoms with E-state index in [1.54, 1.807) is 0 Å². The third-order valence-electron chi connectivity index (χ3n) is 3.18. The van der Waals surface area contributed by atoms with Crippen molar-refractivity contribution in [2.24, 2.45) is 5.92 Å². The second-order valence-electron chi connectivity index (χ2n) is 4.52. The van der Waals surface area contributed by atoms with Gasteiger partial charge < -0.3 is 5.11 Å². The first-order valence-corrected chi connectivity index (χ1v) is 5.43. The highest BCUT2D eigenvalue weighted by Crippen LogP contribution is 2.50. The fourth-order valence-electron chi connectivity index (χ4n) is 1.95. The summed E-state index contributed by atoms with van der Waals surface area (Å²) in [4.78, 5) is 10.8. The Balaban J connectivity index is 2.90. The van der Waals surface area contributed by atoms with Crippen LogP contribution in [-0.4, -0.2) is 35.0 Å². The van der Waals surface area contributed by atoms with Gasteiger partial charge in [-0.15, -0.1) is 0 Å². The van der Waals surface area contributed by atoms with Gasteiger partial charge in [0.25, 0.3) is 0 Å². The predicted molar refractivity (Wildman–Crippen MR) is 48.9 cm³/mol. The molecule has 9 heteroatoms. The number of Topliss-reactive ketones (excluding diaryl/α,β-unsaturated/α-hetero) is 1. The number of carbonyl (C=O) groups excluding carboxylic acids is 1. The van der Waals surface area contributed by atoms with Crippen LogP contribution in [0.5, 0.6) is 0 Å². The molecule has 0 spiro atoms. The molecular weight excluding hydrogens is 285 g/mol. The normalized spacial score (nSPS) is 21.6. The largest absolute Gasteiger partial charge is 0.459 e. The predicted octanol–water partition coefficient (Wildman–Crippen LogP) is 2.94. The Kier molecular flexibility index (Phi) is 4.19. The second kappa shape index (κ2) is 4.92. The van der Waals surface area contributed by atoms with Gasteiger partial charge in [0.15, 0.2) is 0 Å². The molecule has 1 unspecified atom stereocenters. The van der Waals surface area contributed by atoms with E-state index in [2.05, 4.69) is 0 Å². The molecule has 1 N–H and O–H groups in total. The molecule has 2 nitrogen and oxygen atoms in total. The lowest BCUT2D eigenvalue weighted by Gasteiger charge is -2.36. The highest BCUT2D eigenvalue weighted by Gasteiger charge is 2.75. The molecule has 0 saturated heterocycles. The number of halogens is 7. The van der Waals surface area contributed by atoms with Gasteiger partial charge in [0.05, 0.1) is 0 Å². The van der Waals surface area contributed by atoms with E-state index < -0.39 is 30.0 Å². The van der Waals surface area contributed by atoms with Gasteiger partial charge in [-0.1, -0.05) is 0 Å². The Hall–Kier alpha value is -0.860. The summed E-state index contributed by atoms with van der Waals surface area (Å²) in [6, 6.07) is 0. The molecule has 112 valence electrons. The smallest absolute Gasteiger partial charge is 0.386 e. The summed E-state index contributed by atoms with van der Waals surface area (Å²) in [7, 11) is 0. The molecule has 1 fully saturated rings. The van der Waals surface area contributed by atoms with Crippen LogP contribution in [0.2, 0.25) is 0 Å². The quantitative estimate of drug-likeness (QED) is 0.813. The number of carbonyl (C=O) groups is 1. The summed E-state index contributed by atoms with van der Waals surface area (Å²) >= 11 is 0. The zero-order valence-corrected chi connectivity index (χ0v) is 9.48. The molecule has 0 aromatic heterocycles. The minimum Gasteiger partial charge on any atom is -0.386 e. The molecular formula is C10H11F7O2. The monoisotopic (exact) mass is 296 g/mol. The van der Waals surface area contributed by atoms with Gasteiger partial charge in [-0.3, -0.25) is 4.79 Å². The van der Waals surface area contributed by atoms with Crippen LogP contribution in [0.15, 0.2) is 0 Å². The lowest BCUT2D eigenvalue weighted by Crippen LogP contribution is -2.59. The van der Waals surface area contributed by atoms with E-state index in [-0.39, 0.29) is 31.5 Å². The van der Waals surface area contributed by atoms with Crippen molar-refractivity contribution in [3.63, 3.8) is 0 Å². The summed E-state index contributed by atoms with van der Waals surface area (Å²) in [5, 5.41) is 9.15. The molecule has 1 aliphatic carbocycles. The average molecular weight is 296 g/mol. The number of hydrogen-bond acceptors (Lipinski definition) is 2. The minimum atomic E-state index is -6.46. The Bertz CT molecular complexity index is 340. The van der Waals surface area contributed by atoms with E-state index in [1.165, 1.54) is 0 Å². The third kappa shape index (κ3) is 2.85. The average Bonchev–Trinajstić information content (AvgIpc) is 2.27. The molecule has 0 radical (unpaired) electrons. The second-order valence-corrected chi connectivity index (χ2v) is 4.52. The maximum absolute atomic E-state index is 13.2. The van der Waals surface area contributed by atoms with Gasteiger partial charge in [-0.25, -0.2) is 0 Å². The first kappa shape index (κ1) is 16.2. The maximum Gasteiger partial charge on any atom is 0.459 e. The number of alkyl halides is 7. The minimum absolute atomic E-state index is 0.213. The molecule has 0 aromatic rings. The van der Waals surface area contributed by atoms with E-state index in [1.807, 2.05) is 0 Å². The summed E-state index contributed by atoms with van der Waals surface area (Å²) < 4.78 is 87.5. The van der Waals surface area contributed by atoms with Crippen LogP contribution in [0.25, 0.3) is 0 Å². The van der Waals surface area contributed by atoms with Crippen molar-refractivity contribution in [2.75, 3.05) is 0 Å². The van der Waals surface area contributed by atoms with Crippen molar-refractivity contribution in [1.29, 1.82) is 0 Å². The van der Waals surface area contributed by atoms with Crippen molar-refractivity contribution < 1.29 is 40.6 Å². The van der Waals surface area contributed by atoms with Crippen LogP contribution in [-0.2, 0) is 4.79 Å². The Morgan fingerprint density at radius 3 is 1.79 bits per heavy atom. The molecule has 0 amide bonds. The number of rotatable bonds is 3. The Morgan fingerprint density at radius 1 is 1.00 bits per heavy atom. The summed E-state index contributed by atoms with van der Waals surface area (Å²) in [5.41, 5.74) is 0. The molecule has 0 aromatic carbocycles. The molecule has 1 saturated carbocycles. The van der Waals surface area contributed by atoms with Crippen LogP contribution >= 0.6 is 0 Å². The Labute approximate surface area is 103 Å². The van der Waals surface area contributed by atoms with Crippen molar-refractivity contribution in [2.45, 2.75) is 49.8 Å². The van der Waals surface area contributed by atoms with Crippen LogP contribution in [0, 0.1) is 5.92 Å². The van der Waals surface area contributed by atoms with E-state index >= 15 is 0 Å². The topological polar surface area (TPSA) is 37.3 Å². The van der Waals surface area contributed by atoms with Crippen molar-refractivity contribution >= 4 is 5.78 Å². The fraction of sp³-hybridized carbons (Fsp3) is 0.900. The molecule has 1 atom stereocenters. The summed E-state index contributed by atoms with van der Waals surface area (Å²) in [6.07, 6.45) is -10.7. The fourth-order valence-corrected chi connectivity index (χ4v) is 1.95. The summed E-state index contributed by atoms with van der Waals surface area (Å²) in [5.74, 6) is -13.7. The zero-order valence-electron chi connectivity index (χ0n) is 9.48. The van der Waals surface area contributed by atoms with Crippen LogP contribution < -0.4 is 0 Å². The van der Waals surface area contributed by atoms with Crippen LogP contribution in [0.1, 0.15) is 25.7 Å². The number of aliphatic hydroxyl groups is 1. The third-order valence-corrected chi connectivity index (χ3v) is 3.18. The first-order valence-electron chi connectivity index (χ1n) is 5.43. The number of ketones is 1. The zero-order chi connectivity index (χ0) is 15.1. The van der Waals surface area contributed by atoms with E-state index in [0.29, 0.717) is 0 Å². The maximum atomic E-state index is 13.2. The van der Waals surface area contributed by atoms with Gasteiger partial charge in [-0.2, -0.15) is 30.7 Å². The van der Waals surface area contributed by atoms with E-state index in [4.69, 9.17) is 5.11 Å². The molecule has 1 rings (SSSR count). The number of aliphatic hydroxyl groups excluding tert-OH is 1. The lowest BCUT2D eigenvalue weighted by molar-refractivity contribution is -0.374. The molecule has 0 bridgehead atoms. The van der Waals surface area contributed by atoms with Gasteiger partial charge in [0.2, 0.25) is 0 Å². The molecule has 0 aliphatic heterocycles. The summed E-state index contributed by atoms with van der Waals surface area (Å²) in [6.45, 7) is 0. The molecule has 1 aliphatic rings.